The molecule has 0 aromatic heterocycles. The second kappa shape index (κ2) is 10.0. The molecule has 1 aliphatic carbocycles. The summed E-state index contributed by atoms with van der Waals surface area (Å²) in [5.41, 5.74) is 0.858. The Morgan fingerprint density at radius 3 is 2.43 bits per heavy atom. The van der Waals surface area contributed by atoms with E-state index in [4.69, 9.17) is 13.0 Å². The van der Waals surface area contributed by atoms with Gasteiger partial charge in [0, 0.05) is 0 Å². The summed E-state index contributed by atoms with van der Waals surface area (Å²) in [6.45, 7) is 6.82. The van der Waals surface area contributed by atoms with Crippen molar-refractivity contribution in [2.24, 2.45) is 23.7 Å². The molecule has 0 heterocycles. The molecule has 0 spiro atoms. The smallest absolute Gasteiger partial charge is 0.309 e. The van der Waals surface area contributed by atoms with Crippen LogP contribution in [0, 0.1) is 23.7 Å². The van der Waals surface area contributed by atoms with E-state index in [-0.39, 0.29) is 5.76 Å². The van der Waals surface area contributed by atoms with Gasteiger partial charge in [-0.1, -0.05) is 64.8 Å². The molecule has 3 unspecified atom stereocenters. The molecular weight excluding hydrogens is 287 g/mol. The highest BCUT2D eigenvalue weighted by molar-refractivity contribution is 6.08. The third kappa shape index (κ3) is 6.60. The van der Waals surface area contributed by atoms with Crippen molar-refractivity contribution >= 4 is 13.8 Å². The van der Waals surface area contributed by atoms with Crippen LogP contribution < -0.4 is 5.11 Å². The van der Waals surface area contributed by atoms with Gasteiger partial charge in [-0.05, 0) is 37.0 Å². The largest absolute Gasteiger partial charge is 0.875 e. The molecule has 1 rings (SSSR count). The topological polar surface area (TPSA) is 60.4 Å². The first-order valence-corrected chi connectivity index (χ1v) is 9.18. The number of hydrogen-bond donors (Lipinski definition) is 1. The molecule has 3 nitrogen and oxygen atoms in total. The highest BCUT2D eigenvalue weighted by atomic mass is 16.4. The lowest BCUT2D eigenvalue weighted by atomic mass is 9.84. The van der Waals surface area contributed by atoms with Gasteiger partial charge in [0.1, 0.15) is 0 Å². The zero-order chi connectivity index (χ0) is 17.4. The van der Waals surface area contributed by atoms with E-state index in [9.17, 15) is 9.90 Å². The maximum Gasteiger partial charge on any atom is 0.309 e. The van der Waals surface area contributed by atoms with Gasteiger partial charge in [-0.25, -0.2) is 0 Å². The molecule has 4 heteroatoms. The van der Waals surface area contributed by atoms with Crippen LogP contribution in [0.15, 0.2) is 11.3 Å². The Morgan fingerprint density at radius 1 is 1.26 bits per heavy atom. The minimum Gasteiger partial charge on any atom is -0.875 e. The summed E-state index contributed by atoms with van der Waals surface area (Å²) in [5, 5.41) is 21.3. The maximum absolute atomic E-state index is 12.2. The minimum absolute atomic E-state index is 0.120. The van der Waals surface area contributed by atoms with Crippen molar-refractivity contribution in [2.75, 3.05) is 0 Å². The van der Waals surface area contributed by atoms with Crippen molar-refractivity contribution in [3.8, 4) is 0 Å². The first-order chi connectivity index (χ1) is 10.9. The number of carboxylic acids is 1. The molecule has 0 bridgehead atoms. The van der Waals surface area contributed by atoms with Crippen molar-refractivity contribution < 1.29 is 15.0 Å². The molecule has 2 radical (unpaired) electrons. The highest BCUT2D eigenvalue weighted by Crippen LogP contribution is 2.35. The predicted molar refractivity (Wildman–Crippen MR) is 93.1 cm³/mol. The van der Waals surface area contributed by atoms with Gasteiger partial charge < -0.3 is 10.2 Å². The minimum atomic E-state index is -0.964. The zero-order valence-corrected chi connectivity index (χ0v) is 15.0. The number of rotatable bonds is 11. The SMILES string of the molecule is [B]CCCC(CCCC(C)C(C)C)CC1=C([O-])C(C(=O)O)CC1. The Kier molecular flexibility index (Phi) is 8.79. The van der Waals surface area contributed by atoms with Crippen LogP contribution in [0.1, 0.15) is 72.1 Å². The fraction of sp³-hybridized carbons (Fsp3) is 0.842. The van der Waals surface area contributed by atoms with Crippen LogP contribution in [0.4, 0.5) is 0 Å². The van der Waals surface area contributed by atoms with E-state index < -0.39 is 11.9 Å². The second-order valence-corrected chi connectivity index (χ2v) is 7.55. The fourth-order valence-electron chi connectivity index (χ4n) is 3.42. The van der Waals surface area contributed by atoms with Gasteiger partial charge >= 0.3 is 5.97 Å². The lowest BCUT2D eigenvalue weighted by Gasteiger charge is -2.22. The molecule has 0 amide bonds. The Labute approximate surface area is 143 Å². The van der Waals surface area contributed by atoms with Gasteiger partial charge in [-0.15, -0.1) is 5.76 Å². The molecule has 130 valence electrons. The van der Waals surface area contributed by atoms with Gasteiger partial charge in [0.05, 0.1) is 13.8 Å². The van der Waals surface area contributed by atoms with E-state index in [2.05, 4.69) is 20.8 Å². The van der Waals surface area contributed by atoms with Gasteiger partial charge in [0.25, 0.3) is 0 Å². The lowest BCUT2D eigenvalue weighted by molar-refractivity contribution is -0.313. The van der Waals surface area contributed by atoms with Gasteiger partial charge in [-0.3, -0.25) is 4.79 Å². The summed E-state index contributed by atoms with van der Waals surface area (Å²) < 4.78 is 0. The quantitative estimate of drug-likeness (QED) is 0.587. The van der Waals surface area contributed by atoms with Crippen LogP contribution in [-0.2, 0) is 4.79 Å². The summed E-state index contributed by atoms with van der Waals surface area (Å²) in [4.78, 5) is 11.1. The molecule has 1 N–H and O–H groups in total. The molecule has 23 heavy (non-hydrogen) atoms. The summed E-state index contributed by atoms with van der Waals surface area (Å²) in [5.74, 6) is 0.0347. The summed E-state index contributed by atoms with van der Waals surface area (Å²) in [6.07, 6.45) is 8.14. The van der Waals surface area contributed by atoms with Crippen molar-refractivity contribution in [3.63, 3.8) is 0 Å². The highest BCUT2D eigenvalue weighted by Gasteiger charge is 2.26. The predicted octanol–water partition coefficient (Wildman–Crippen LogP) is 3.93. The number of allylic oxidation sites excluding steroid dienone is 1. The van der Waals surface area contributed by atoms with E-state index in [1.54, 1.807) is 0 Å². The van der Waals surface area contributed by atoms with Crippen LogP contribution in [0.2, 0.25) is 6.32 Å². The van der Waals surface area contributed by atoms with Crippen LogP contribution in [0.5, 0.6) is 0 Å². The number of aliphatic carboxylic acids is 1. The van der Waals surface area contributed by atoms with Crippen molar-refractivity contribution in [2.45, 2.75) is 78.5 Å². The van der Waals surface area contributed by atoms with E-state index in [0.29, 0.717) is 31.0 Å². The third-order valence-electron chi connectivity index (χ3n) is 5.46. The molecule has 0 aromatic rings. The Balaban J connectivity index is 2.55. The van der Waals surface area contributed by atoms with Crippen molar-refractivity contribution in [3.05, 3.63) is 11.3 Å². The fourth-order valence-corrected chi connectivity index (χ4v) is 3.42. The Bertz CT molecular complexity index is 403. The van der Waals surface area contributed by atoms with E-state index in [1.165, 1.54) is 12.8 Å². The summed E-state index contributed by atoms with van der Waals surface area (Å²) >= 11 is 0. The summed E-state index contributed by atoms with van der Waals surface area (Å²) in [6, 6.07) is 0. The van der Waals surface area contributed by atoms with E-state index >= 15 is 0 Å². The second-order valence-electron chi connectivity index (χ2n) is 7.55. The van der Waals surface area contributed by atoms with Crippen molar-refractivity contribution in [1.29, 1.82) is 0 Å². The van der Waals surface area contributed by atoms with Crippen molar-refractivity contribution in [1.82, 2.24) is 0 Å². The van der Waals surface area contributed by atoms with Crippen LogP contribution in [0.3, 0.4) is 0 Å². The monoisotopic (exact) mass is 319 g/mol. The number of carbonyl (C=O) groups is 1. The van der Waals surface area contributed by atoms with E-state index in [0.717, 1.165) is 37.2 Å². The Hall–Kier alpha value is -0.925. The average Bonchev–Trinajstić information content (AvgIpc) is 2.85. The first kappa shape index (κ1) is 20.1. The van der Waals surface area contributed by atoms with Crippen LogP contribution in [0.25, 0.3) is 0 Å². The lowest BCUT2D eigenvalue weighted by Crippen LogP contribution is -2.21. The molecule has 0 aliphatic heterocycles. The first-order valence-electron chi connectivity index (χ1n) is 9.18. The molecule has 0 fully saturated rings. The van der Waals surface area contributed by atoms with Crippen LogP contribution >= 0.6 is 0 Å². The van der Waals surface area contributed by atoms with Gasteiger partial charge in [-0.2, -0.15) is 0 Å². The molecule has 0 saturated carbocycles. The van der Waals surface area contributed by atoms with Gasteiger partial charge in [0.15, 0.2) is 0 Å². The standard InChI is InChI=1S/C19H33BO3/c1-13(2)14(3)6-4-7-15(8-5-11-20)12-16-9-10-17(18(16)21)19(22)23/h13-15,17,21H,4-12H2,1-3H3,(H,22,23)/p-1. The Morgan fingerprint density at radius 2 is 1.91 bits per heavy atom. The van der Waals surface area contributed by atoms with Crippen LogP contribution in [-0.4, -0.2) is 18.9 Å². The maximum atomic E-state index is 12.2. The molecule has 1 aliphatic rings. The van der Waals surface area contributed by atoms with Gasteiger partial charge in [0.2, 0.25) is 0 Å². The molecule has 0 aromatic carbocycles. The number of carboxylic acid groups (broad SMARTS) is 1. The molecular formula is C19H32BO3-. The third-order valence-corrected chi connectivity index (χ3v) is 5.46. The number of hydrogen-bond acceptors (Lipinski definition) is 2. The molecule has 3 atom stereocenters. The zero-order valence-electron chi connectivity index (χ0n) is 15.0. The van der Waals surface area contributed by atoms with E-state index in [1.807, 2.05) is 0 Å². The summed E-state index contributed by atoms with van der Waals surface area (Å²) in [7, 11) is 5.64. The average molecular weight is 319 g/mol. The molecule has 0 saturated heterocycles. The normalized spacial score (nSPS) is 21.0.